The quantitative estimate of drug-likeness (QED) is 0.0489. The normalized spacial score (nSPS) is 11.4. The van der Waals surface area contributed by atoms with Crippen molar-refractivity contribution in [2.75, 3.05) is 19.8 Å². The van der Waals surface area contributed by atoms with Gasteiger partial charge in [0.25, 0.3) is 27.1 Å². The van der Waals surface area contributed by atoms with Crippen LogP contribution >= 0.6 is 0 Å². The Morgan fingerprint density at radius 3 is 1.47 bits per heavy atom. The molecule has 0 bridgehead atoms. The number of fused-ring (bicyclic) bond motifs is 1. The third-order valence-electron chi connectivity index (χ3n) is 9.49. The summed E-state index contributed by atoms with van der Waals surface area (Å²) >= 11 is 0. The fourth-order valence-corrected chi connectivity index (χ4v) is 7.78. The summed E-state index contributed by atoms with van der Waals surface area (Å²) in [5, 5.41) is 32.6. The molecule has 5 aromatic heterocycles. The molecule has 0 unspecified atom stereocenters. The highest BCUT2D eigenvalue weighted by molar-refractivity contribution is 7.90. The van der Waals surface area contributed by atoms with E-state index in [4.69, 9.17) is 19.9 Å². The molecule has 0 amide bonds. The molecule has 412 valence electrons. The molecule has 6 rings (SSSR count). The van der Waals surface area contributed by atoms with E-state index in [0.29, 0.717) is 50.5 Å². The molecule has 25 heteroatoms. The van der Waals surface area contributed by atoms with Crippen LogP contribution in [0.4, 0.5) is 22.9 Å². The number of ether oxygens (including phenoxy) is 3. The van der Waals surface area contributed by atoms with E-state index in [9.17, 15) is 53.1 Å². The number of nitrogens with two attached hydrogens (primary N) is 1. The monoisotopic (exact) mass is 1080 g/mol. The molecule has 0 spiro atoms. The lowest BCUT2D eigenvalue weighted by molar-refractivity contribution is -0.385. The maximum atomic E-state index is 12.8. The molecule has 5 heterocycles. The summed E-state index contributed by atoms with van der Waals surface area (Å²) < 4.78 is 42.4. The van der Waals surface area contributed by atoms with E-state index < -0.39 is 53.5 Å². The second-order valence-corrected chi connectivity index (χ2v) is 21.9. The van der Waals surface area contributed by atoms with E-state index >= 15 is 0 Å². The first-order valence-electron chi connectivity index (χ1n) is 23.4. The standard InChI is InChI=1S/C19H20N2O4S.C15H21N3O4.C12H16N2O4.C6H7N3O2/c1-19(2,3)25-18(22)12-15-11-14-9-10-21(17(14)13-20-15)26(23,24)16-7-5-4-6-8-16;1-15(2,3)22-14(19)9-12-8-11(6-7-17(4)5)13(10-16-12)18(20)21;1-8-5-9(13-7-10(8)14(16)17)6-11(15)18-12(2,3)4;1-4-2-6(7)8-3-5(4)9(10)11/h4-11,13H,12H2,1-3H3;6-8,10H,9H2,1-5H3;5,7H,6H2,1-4H3;2-3H,1H3,(H2,7,8)/b;7-6+;;. The minimum Gasteiger partial charge on any atom is -0.460 e. The molecule has 1 aromatic carbocycles. The highest BCUT2D eigenvalue weighted by Gasteiger charge is 2.23. The first kappa shape index (κ1) is 62.6. The summed E-state index contributed by atoms with van der Waals surface area (Å²) in [7, 11) is -0.0758. The molecule has 0 radical (unpaired) electrons. The summed E-state index contributed by atoms with van der Waals surface area (Å²) in [5.41, 5.74) is 6.74. The van der Waals surface area contributed by atoms with Crippen molar-refractivity contribution in [1.82, 2.24) is 28.8 Å². The smallest absolute Gasteiger partial charge is 0.312 e. The number of carbonyl (C=O) groups is 3. The van der Waals surface area contributed by atoms with Gasteiger partial charge in [0.05, 0.1) is 73.3 Å². The summed E-state index contributed by atoms with van der Waals surface area (Å²) in [6.07, 6.45) is 9.76. The van der Waals surface area contributed by atoms with E-state index in [2.05, 4.69) is 19.9 Å². The van der Waals surface area contributed by atoms with Crippen LogP contribution in [0.5, 0.6) is 0 Å². The molecule has 0 aliphatic heterocycles. The van der Waals surface area contributed by atoms with Crippen molar-refractivity contribution >= 4 is 67.8 Å². The van der Waals surface area contributed by atoms with Gasteiger partial charge in [-0.1, -0.05) is 18.2 Å². The SMILES string of the molecule is CC(C)(C)OC(=O)Cc1cc2ccn(S(=O)(=O)c3ccccc3)c2cn1.CN(C)/C=C/c1cc(CC(=O)OC(C)(C)C)ncc1[N+](=O)[O-].Cc1cc(CC(=O)OC(C)(C)C)ncc1[N+](=O)[O-].Cc1cc(N)ncc1[N+](=O)[O-]. The number of aromatic nitrogens is 5. The van der Waals surface area contributed by atoms with Crippen LogP contribution in [0.15, 0.2) is 103 Å². The van der Waals surface area contributed by atoms with Crippen molar-refractivity contribution < 1.29 is 51.8 Å². The largest absolute Gasteiger partial charge is 0.460 e. The second kappa shape index (κ2) is 26.7. The number of nitrogen functional groups attached to an aromatic ring is 1. The van der Waals surface area contributed by atoms with E-state index in [1.54, 1.807) is 136 Å². The lowest BCUT2D eigenvalue weighted by Gasteiger charge is -2.19. The number of nitrogens with zero attached hydrogens (tertiary/aromatic N) is 9. The van der Waals surface area contributed by atoms with E-state index in [1.807, 2.05) is 14.1 Å². The summed E-state index contributed by atoms with van der Waals surface area (Å²) in [4.78, 5) is 83.4. The van der Waals surface area contributed by atoms with Crippen molar-refractivity contribution in [2.45, 2.75) is 117 Å². The Hall–Kier alpha value is -8.74. The number of carbonyl (C=O) groups excluding carboxylic acids is 3. The molecule has 0 saturated heterocycles. The predicted octanol–water partition coefficient (Wildman–Crippen LogP) is 8.63. The second-order valence-electron chi connectivity index (χ2n) is 20.1. The zero-order valence-electron chi connectivity index (χ0n) is 45.2. The highest BCUT2D eigenvalue weighted by atomic mass is 32.2. The fourth-order valence-electron chi connectivity index (χ4n) is 6.42. The van der Waals surface area contributed by atoms with Crippen LogP contribution in [0.1, 0.15) is 96.1 Å². The Kier molecular flexibility index (Phi) is 21.7. The number of aryl methyl sites for hydroxylation is 2. The summed E-state index contributed by atoms with van der Waals surface area (Å²) in [5.74, 6) is -0.895. The summed E-state index contributed by atoms with van der Waals surface area (Å²) in [6.45, 7) is 19.3. The zero-order chi connectivity index (χ0) is 58.2. The van der Waals surface area contributed by atoms with Gasteiger partial charge in [-0.05, 0) is 131 Å². The fraction of sp³-hybridized carbons (Fsp3) is 0.365. The van der Waals surface area contributed by atoms with Crippen molar-refractivity contribution in [3.63, 3.8) is 0 Å². The topological polar surface area (TPSA) is 328 Å². The molecule has 0 saturated carbocycles. The predicted molar refractivity (Wildman–Crippen MR) is 287 cm³/mol. The Bertz CT molecular complexity index is 3230. The average Bonchev–Trinajstić information content (AvgIpc) is 3.71. The number of nitro groups is 3. The Morgan fingerprint density at radius 1 is 0.623 bits per heavy atom. The van der Waals surface area contributed by atoms with E-state index in [-0.39, 0.29) is 47.2 Å². The van der Waals surface area contributed by atoms with Crippen molar-refractivity contribution in [1.29, 1.82) is 0 Å². The number of hydrogen-bond donors (Lipinski definition) is 1. The number of rotatable bonds is 13. The Labute approximate surface area is 445 Å². The maximum absolute atomic E-state index is 12.8. The molecule has 77 heavy (non-hydrogen) atoms. The molecule has 24 nitrogen and oxygen atoms in total. The maximum Gasteiger partial charge on any atom is 0.312 e. The zero-order valence-corrected chi connectivity index (χ0v) is 46.0. The third kappa shape index (κ3) is 21.2. The van der Waals surface area contributed by atoms with E-state index in [1.165, 1.54) is 34.6 Å². The van der Waals surface area contributed by atoms with Gasteiger partial charge >= 0.3 is 17.9 Å². The lowest BCUT2D eigenvalue weighted by atomic mass is 10.1. The number of pyridine rings is 4. The van der Waals surface area contributed by atoms with Crippen LogP contribution in [0, 0.1) is 44.2 Å². The van der Waals surface area contributed by atoms with Crippen LogP contribution in [-0.4, -0.2) is 101 Å². The lowest BCUT2D eigenvalue weighted by Crippen LogP contribution is -2.25. The molecule has 0 aliphatic carbocycles. The minimum absolute atomic E-state index is 0.000741. The first-order chi connectivity index (χ1) is 35.5. The van der Waals surface area contributed by atoms with Gasteiger partial charge in [0.2, 0.25) is 0 Å². The average molecular weight is 1090 g/mol. The van der Waals surface area contributed by atoms with Gasteiger partial charge in [-0.15, -0.1) is 0 Å². The van der Waals surface area contributed by atoms with Crippen LogP contribution in [-0.2, 0) is 57.9 Å². The highest BCUT2D eigenvalue weighted by Crippen LogP contribution is 2.24. The van der Waals surface area contributed by atoms with Crippen LogP contribution in [0.25, 0.3) is 17.0 Å². The van der Waals surface area contributed by atoms with Crippen molar-refractivity contribution in [3.05, 3.63) is 162 Å². The number of anilines is 1. The molecule has 6 aromatic rings. The van der Waals surface area contributed by atoms with Crippen LogP contribution in [0.3, 0.4) is 0 Å². The molecular formula is C52H64N10O14S. The molecule has 0 aliphatic rings. The molecular weight excluding hydrogens is 1020 g/mol. The first-order valence-corrected chi connectivity index (χ1v) is 24.9. The van der Waals surface area contributed by atoms with Gasteiger partial charge in [0.15, 0.2) is 0 Å². The Morgan fingerprint density at radius 2 is 1.04 bits per heavy atom. The van der Waals surface area contributed by atoms with Gasteiger partial charge in [-0.25, -0.2) is 17.4 Å². The summed E-state index contributed by atoms with van der Waals surface area (Å²) in [6, 6.07) is 16.1. The van der Waals surface area contributed by atoms with Gasteiger partial charge in [0, 0.05) is 36.8 Å². The minimum atomic E-state index is -3.70. The Balaban J connectivity index is 0.000000281. The van der Waals surface area contributed by atoms with Crippen molar-refractivity contribution in [3.8, 4) is 0 Å². The van der Waals surface area contributed by atoms with E-state index in [0.717, 1.165) is 18.6 Å². The number of esters is 3. The van der Waals surface area contributed by atoms with Gasteiger partial charge in [-0.2, -0.15) is 0 Å². The number of hydrogen-bond acceptors (Lipinski definition) is 20. The molecule has 0 fully saturated rings. The molecule has 2 N–H and O–H groups in total. The van der Waals surface area contributed by atoms with Gasteiger partial charge < -0.3 is 24.8 Å². The van der Waals surface area contributed by atoms with Crippen molar-refractivity contribution in [2.24, 2.45) is 0 Å². The number of benzene rings is 1. The van der Waals surface area contributed by atoms with Crippen LogP contribution in [0.2, 0.25) is 0 Å². The van der Waals surface area contributed by atoms with Gasteiger partial charge in [0.1, 0.15) is 41.2 Å². The third-order valence-corrected chi connectivity index (χ3v) is 11.2. The van der Waals surface area contributed by atoms with Crippen LogP contribution < -0.4 is 5.73 Å². The van der Waals surface area contributed by atoms with Gasteiger partial charge in [-0.3, -0.25) is 59.7 Å². The molecule has 0 atom stereocenters.